The van der Waals surface area contributed by atoms with Crippen LogP contribution in [0.15, 0.2) is 42.5 Å². The zero-order valence-electron chi connectivity index (χ0n) is 15.6. The number of aromatic nitrogens is 4. The minimum atomic E-state index is 0.321. The monoisotopic (exact) mass is 361 g/mol. The average Bonchev–Trinajstić information content (AvgIpc) is 3.38. The molecule has 1 aliphatic heterocycles. The lowest BCUT2D eigenvalue weighted by Gasteiger charge is -2.15. The van der Waals surface area contributed by atoms with Crippen LogP contribution in [0.5, 0.6) is 0 Å². The number of benzene rings is 1. The lowest BCUT2D eigenvalue weighted by atomic mass is 10.2. The molecule has 3 aromatic heterocycles. The van der Waals surface area contributed by atoms with Gasteiger partial charge in [0.1, 0.15) is 5.82 Å². The molecular weight excluding hydrogens is 338 g/mol. The third kappa shape index (κ3) is 2.77. The van der Waals surface area contributed by atoms with Crippen molar-refractivity contribution in [2.45, 2.75) is 32.9 Å². The second-order valence-corrected chi connectivity index (χ2v) is 7.30. The Labute approximate surface area is 157 Å². The molecule has 138 valence electrons. The number of hydrogen-bond donors (Lipinski definition) is 1. The van der Waals surface area contributed by atoms with Gasteiger partial charge in [-0.25, -0.2) is 0 Å². The molecule has 0 radical (unpaired) electrons. The van der Waals surface area contributed by atoms with Crippen LogP contribution < -0.4 is 5.32 Å². The van der Waals surface area contributed by atoms with Crippen molar-refractivity contribution in [2.24, 2.45) is 0 Å². The molecule has 0 bridgehead atoms. The van der Waals surface area contributed by atoms with Crippen LogP contribution in [0.25, 0.3) is 16.7 Å². The molecule has 6 heteroatoms. The minimum absolute atomic E-state index is 0.321. The van der Waals surface area contributed by atoms with Gasteiger partial charge in [0.2, 0.25) is 0 Å². The largest absolute Gasteiger partial charge is 0.379 e. The summed E-state index contributed by atoms with van der Waals surface area (Å²) in [5.74, 6) is 0.901. The summed E-state index contributed by atoms with van der Waals surface area (Å²) in [5.41, 5.74) is 6.75. The zero-order chi connectivity index (χ0) is 18.4. The van der Waals surface area contributed by atoms with Gasteiger partial charge in [-0.1, -0.05) is 30.3 Å². The smallest absolute Gasteiger partial charge is 0.184 e. The first kappa shape index (κ1) is 16.3. The van der Waals surface area contributed by atoms with Crippen LogP contribution in [0.3, 0.4) is 0 Å². The van der Waals surface area contributed by atoms with Gasteiger partial charge in [-0.15, -0.1) is 10.2 Å². The summed E-state index contributed by atoms with van der Waals surface area (Å²) in [6.45, 7) is 6.56. The van der Waals surface area contributed by atoms with E-state index in [2.05, 4.69) is 73.9 Å². The third-order valence-corrected chi connectivity index (χ3v) is 5.39. The lowest BCUT2D eigenvalue weighted by molar-refractivity contribution is 0.195. The van der Waals surface area contributed by atoms with Gasteiger partial charge in [0, 0.05) is 18.8 Å². The van der Waals surface area contributed by atoms with Gasteiger partial charge in [0.15, 0.2) is 5.65 Å². The number of pyridine rings is 1. The first-order valence-electron chi connectivity index (χ1n) is 9.43. The van der Waals surface area contributed by atoms with Crippen LogP contribution in [0.1, 0.15) is 23.5 Å². The summed E-state index contributed by atoms with van der Waals surface area (Å²) in [6.07, 6.45) is 1.02. The third-order valence-electron chi connectivity index (χ3n) is 5.39. The Bertz CT molecular complexity index is 1110. The first-order chi connectivity index (χ1) is 13.2. The maximum absolute atomic E-state index is 5.53. The maximum Gasteiger partial charge on any atom is 0.184 e. The molecule has 4 heterocycles. The van der Waals surface area contributed by atoms with E-state index in [-0.39, 0.29) is 0 Å². The van der Waals surface area contributed by atoms with Crippen molar-refractivity contribution in [1.82, 2.24) is 19.2 Å². The molecule has 1 atom stereocenters. The number of nitrogens with one attached hydrogen (secondary N) is 1. The highest BCUT2D eigenvalue weighted by atomic mass is 16.5. The Balaban J connectivity index is 1.68. The van der Waals surface area contributed by atoms with E-state index in [1.165, 1.54) is 16.8 Å². The van der Waals surface area contributed by atoms with E-state index < -0.39 is 0 Å². The van der Waals surface area contributed by atoms with Crippen LogP contribution in [0.4, 0.5) is 5.69 Å². The van der Waals surface area contributed by atoms with E-state index in [0.29, 0.717) is 6.04 Å². The maximum atomic E-state index is 5.53. The number of anilines is 1. The van der Waals surface area contributed by atoms with Crippen LogP contribution in [0.2, 0.25) is 0 Å². The molecule has 1 fully saturated rings. The molecule has 0 saturated carbocycles. The van der Waals surface area contributed by atoms with Crippen LogP contribution in [-0.4, -0.2) is 38.4 Å². The Morgan fingerprint density at radius 2 is 1.96 bits per heavy atom. The number of ether oxygens (including phenoxy) is 1. The van der Waals surface area contributed by atoms with E-state index in [4.69, 9.17) is 4.74 Å². The highest BCUT2D eigenvalue weighted by molar-refractivity contribution is 5.88. The predicted octanol–water partition coefficient (Wildman–Crippen LogP) is 3.55. The number of fused-ring (bicyclic) bond motifs is 3. The van der Waals surface area contributed by atoms with Gasteiger partial charge >= 0.3 is 0 Å². The molecule has 4 aromatic rings. The van der Waals surface area contributed by atoms with Crippen molar-refractivity contribution >= 4 is 22.4 Å². The van der Waals surface area contributed by atoms with E-state index >= 15 is 0 Å². The molecule has 5 rings (SSSR count). The Hall–Kier alpha value is -2.86. The molecule has 27 heavy (non-hydrogen) atoms. The van der Waals surface area contributed by atoms with Gasteiger partial charge in [-0.2, -0.15) is 0 Å². The van der Waals surface area contributed by atoms with Crippen LogP contribution in [-0.2, 0) is 11.3 Å². The fraction of sp³-hybridized carbons (Fsp3) is 0.333. The molecule has 0 amide bonds. The fourth-order valence-corrected chi connectivity index (χ4v) is 3.99. The van der Waals surface area contributed by atoms with Crippen molar-refractivity contribution in [1.29, 1.82) is 0 Å². The molecule has 1 aromatic carbocycles. The quantitative estimate of drug-likeness (QED) is 0.604. The van der Waals surface area contributed by atoms with Crippen LogP contribution >= 0.6 is 0 Å². The SMILES string of the molecule is Cc1cc2c(cc(N[C@H]3CCOC3)c3nnc(C)n32)n1Cc1ccccc1. The molecule has 1 saturated heterocycles. The van der Waals surface area contributed by atoms with Gasteiger partial charge in [0.25, 0.3) is 0 Å². The van der Waals surface area contributed by atoms with Gasteiger partial charge in [-0.05, 0) is 38.0 Å². The summed E-state index contributed by atoms with van der Waals surface area (Å²) in [5, 5.41) is 12.4. The second kappa shape index (κ2) is 6.39. The van der Waals surface area contributed by atoms with E-state index in [9.17, 15) is 0 Å². The van der Waals surface area contributed by atoms with Crippen molar-refractivity contribution in [2.75, 3.05) is 18.5 Å². The first-order valence-corrected chi connectivity index (χ1v) is 9.43. The summed E-state index contributed by atoms with van der Waals surface area (Å²) in [7, 11) is 0. The van der Waals surface area contributed by atoms with Crippen LogP contribution in [0, 0.1) is 13.8 Å². The topological polar surface area (TPSA) is 56.4 Å². The van der Waals surface area contributed by atoms with Crippen molar-refractivity contribution in [3.05, 3.63) is 59.5 Å². The number of hydrogen-bond acceptors (Lipinski definition) is 4. The van der Waals surface area contributed by atoms with Gasteiger partial charge in [0.05, 0.1) is 29.4 Å². The second-order valence-electron chi connectivity index (χ2n) is 7.30. The number of nitrogens with zero attached hydrogens (tertiary/aromatic N) is 4. The highest BCUT2D eigenvalue weighted by Gasteiger charge is 2.20. The molecule has 0 spiro atoms. The molecule has 1 N–H and O–H groups in total. The van der Waals surface area contributed by atoms with Crippen molar-refractivity contribution in [3.63, 3.8) is 0 Å². The average molecular weight is 361 g/mol. The number of aryl methyl sites for hydroxylation is 2. The molecule has 1 aliphatic rings. The molecule has 0 aliphatic carbocycles. The Kier molecular flexibility index (Phi) is 3.86. The minimum Gasteiger partial charge on any atom is -0.379 e. The van der Waals surface area contributed by atoms with Gasteiger partial charge in [-0.3, -0.25) is 4.40 Å². The Morgan fingerprint density at radius 3 is 2.74 bits per heavy atom. The summed E-state index contributed by atoms with van der Waals surface area (Å²) in [4.78, 5) is 0. The molecular formula is C21H23N5O. The molecule has 6 nitrogen and oxygen atoms in total. The normalized spacial score (nSPS) is 17.2. The standard InChI is InChI=1S/C21H23N5O/c1-14-10-20-19(25(14)12-16-6-4-3-5-7-16)11-18(22-17-8-9-27-13-17)21-24-23-15(2)26(20)21/h3-7,10-11,17,22H,8-9,12-13H2,1-2H3/t17-/m0/s1. The summed E-state index contributed by atoms with van der Waals surface area (Å²) < 4.78 is 10.0. The van der Waals surface area contributed by atoms with Gasteiger partial charge < -0.3 is 14.6 Å². The number of rotatable bonds is 4. The zero-order valence-corrected chi connectivity index (χ0v) is 15.6. The highest BCUT2D eigenvalue weighted by Crippen LogP contribution is 2.29. The van der Waals surface area contributed by atoms with E-state index in [1.54, 1.807) is 0 Å². The summed E-state index contributed by atoms with van der Waals surface area (Å²) >= 11 is 0. The predicted molar refractivity (Wildman–Crippen MR) is 106 cm³/mol. The van der Waals surface area contributed by atoms with Crippen molar-refractivity contribution in [3.8, 4) is 0 Å². The lowest BCUT2D eigenvalue weighted by Crippen LogP contribution is -2.19. The Morgan fingerprint density at radius 1 is 1.11 bits per heavy atom. The molecule has 0 unspecified atom stereocenters. The fourth-order valence-electron chi connectivity index (χ4n) is 3.99. The van der Waals surface area contributed by atoms with E-state index in [0.717, 1.165) is 48.9 Å². The van der Waals surface area contributed by atoms with Crippen molar-refractivity contribution < 1.29 is 4.74 Å². The summed E-state index contributed by atoms with van der Waals surface area (Å²) in [6, 6.07) is 15.3. The van der Waals surface area contributed by atoms with E-state index in [1.807, 2.05) is 6.92 Å².